The number of ether oxygens (including phenoxy) is 1. The fourth-order valence-electron chi connectivity index (χ4n) is 3.24. The zero-order chi connectivity index (χ0) is 19.2. The summed E-state index contributed by atoms with van der Waals surface area (Å²) >= 11 is 6.67. The summed E-state index contributed by atoms with van der Waals surface area (Å²) in [5.74, 6) is 0.603. The molecule has 1 heterocycles. The third kappa shape index (κ3) is 5.81. The van der Waals surface area contributed by atoms with Gasteiger partial charge < -0.3 is 4.74 Å². The molecule has 0 unspecified atom stereocenters. The van der Waals surface area contributed by atoms with Gasteiger partial charge in [0.1, 0.15) is 5.15 Å². The number of hydrogen-bond acceptors (Lipinski definition) is 4. The largest absolute Gasteiger partial charge is 0.466 e. The molecule has 1 fully saturated rings. The Bertz CT molecular complexity index is 756. The number of nitrogens with zero attached hydrogens (tertiary/aromatic N) is 3. The molecular weight excluding hydrogens is 362 g/mol. The molecule has 0 N–H and O–H groups in total. The smallest absolute Gasteiger partial charge is 0.307 e. The Hall–Kier alpha value is -1.85. The monoisotopic (exact) mass is 389 g/mol. The predicted molar refractivity (Wildman–Crippen MR) is 107 cm³/mol. The summed E-state index contributed by atoms with van der Waals surface area (Å²) in [5, 5.41) is 5.33. The second kappa shape index (κ2) is 9.38. The van der Waals surface area contributed by atoms with Crippen molar-refractivity contribution in [3.8, 4) is 0 Å². The molecule has 146 valence electrons. The van der Waals surface area contributed by atoms with E-state index in [4.69, 9.17) is 16.3 Å². The number of halogens is 1. The van der Waals surface area contributed by atoms with Crippen LogP contribution in [0, 0.1) is 12.8 Å². The van der Waals surface area contributed by atoms with E-state index in [1.54, 1.807) is 0 Å². The van der Waals surface area contributed by atoms with Crippen LogP contribution in [0.1, 0.15) is 43.0 Å². The maximum absolute atomic E-state index is 11.8. The topological polar surface area (TPSA) is 47.4 Å². The number of benzene rings is 1. The van der Waals surface area contributed by atoms with E-state index in [-0.39, 0.29) is 5.97 Å². The van der Waals surface area contributed by atoms with Gasteiger partial charge in [-0.3, -0.25) is 9.69 Å². The summed E-state index contributed by atoms with van der Waals surface area (Å²) in [7, 11) is 0. The predicted octanol–water partition coefficient (Wildman–Crippen LogP) is 4.06. The van der Waals surface area contributed by atoms with Crippen molar-refractivity contribution in [2.24, 2.45) is 5.92 Å². The van der Waals surface area contributed by atoms with E-state index in [0.717, 1.165) is 30.3 Å². The van der Waals surface area contributed by atoms with Crippen molar-refractivity contribution in [3.63, 3.8) is 0 Å². The first-order valence-corrected chi connectivity index (χ1v) is 10.1. The quantitative estimate of drug-likeness (QED) is 0.575. The van der Waals surface area contributed by atoms with Gasteiger partial charge in [0.2, 0.25) is 0 Å². The third-order valence-electron chi connectivity index (χ3n) is 4.89. The Morgan fingerprint density at radius 3 is 2.74 bits per heavy atom. The minimum absolute atomic E-state index is 0.138. The lowest BCUT2D eigenvalue weighted by atomic mass is 10.2. The zero-order valence-corrected chi connectivity index (χ0v) is 16.9. The normalized spacial score (nSPS) is 13.9. The highest BCUT2D eigenvalue weighted by molar-refractivity contribution is 6.30. The van der Waals surface area contributed by atoms with Crippen molar-refractivity contribution >= 4 is 17.6 Å². The number of hydrogen-bond donors (Lipinski definition) is 0. The molecule has 1 aliphatic carbocycles. The van der Waals surface area contributed by atoms with Gasteiger partial charge in [-0.05, 0) is 38.2 Å². The minimum atomic E-state index is -0.138. The second-order valence-electron chi connectivity index (χ2n) is 7.23. The number of rotatable bonds is 10. The molecule has 0 bridgehead atoms. The Kier molecular flexibility index (Phi) is 6.91. The van der Waals surface area contributed by atoms with Crippen LogP contribution >= 0.6 is 11.6 Å². The summed E-state index contributed by atoms with van der Waals surface area (Å²) in [4.78, 5) is 14.1. The van der Waals surface area contributed by atoms with Crippen LogP contribution in [0.2, 0.25) is 5.15 Å². The van der Waals surface area contributed by atoms with E-state index in [9.17, 15) is 4.79 Å². The van der Waals surface area contributed by atoms with Crippen LogP contribution in [0.3, 0.4) is 0 Å². The molecule has 6 heteroatoms. The van der Waals surface area contributed by atoms with E-state index in [0.29, 0.717) is 31.3 Å². The Balaban J connectivity index is 1.68. The summed E-state index contributed by atoms with van der Waals surface area (Å²) in [6.07, 6.45) is 2.96. The van der Waals surface area contributed by atoms with Gasteiger partial charge in [-0.25, -0.2) is 4.68 Å². The average Bonchev–Trinajstić information content (AvgIpc) is 3.43. The maximum Gasteiger partial charge on any atom is 0.307 e. The van der Waals surface area contributed by atoms with Gasteiger partial charge in [0.15, 0.2) is 0 Å². The van der Waals surface area contributed by atoms with Gasteiger partial charge in [-0.2, -0.15) is 5.10 Å². The van der Waals surface area contributed by atoms with Gasteiger partial charge >= 0.3 is 5.97 Å². The molecule has 1 aromatic heterocycles. The minimum Gasteiger partial charge on any atom is -0.466 e. The van der Waals surface area contributed by atoms with Crippen molar-refractivity contribution in [1.82, 2.24) is 14.7 Å². The molecule has 0 spiro atoms. The van der Waals surface area contributed by atoms with E-state index in [1.165, 1.54) is 18.4 Å². The fraction of sp³-hybridized carbons (Fsp3) is 0.524. The van der Waals surface area contributed by atoms with E-state index < -0.39 is 0 Å². The summed E-state index contributed by atoms with van der Waals surface area (Å²) in [5.41, 5.74) is 3.18. The molecule has 5 nitrogen and oxygen atoms in total. The number of aryl methyl sites for hydroxylation is 1. The van der Waals surface area contributed by atoms with Gasteiger partial charge in [-0.15, -0.1) is 0 Å². The molecular formula is C21H28ClN3O2. The third-order valence-corrected chi connectivity index (χ3v) is 5.31. The van der Waals surface area contributed by atoms with Crippen molar-refractivity contribution in [3.05, 3.63) is 52.3 Å². The Morgan fingerprint density at radius 2 is 2.07 bits per heavy atom. The van der Waals surface area contributed by atoms with Crippen LogP contribution in [0.25, 0.3) is 0 Å². The highest BCUT2D eigenvalue weighted by Gasteiger charge is 2.26. The van der Waals surface area contributed by atoms with Gasteiger partial charge in [0.25, 0.3) is 0 Å². The summed E-state index contributed by atoms with van der Waals surface area (Å²) in [6.45, 7) is 7.33. The molecule has 0 saturated heterocycles. The lowest BCUT2D eigenvalue weighted by molar-refractivity contribution is -0.143. The second-order valence-corrected chi connectivity index (χ2v) is 7.59. The number of aromatic nitrogens is 2. The van der Waals surface area contributed by atoms with Crippen molar-refractivity contribution in [2.75, 3.05) is 19.7 Å². The lowest BCUT2D eigenvalue weighted by Crippen LogP contribution is -2.29. The Labute approximate surface area is 166 Å². The fourth-order valence-corrected chi connectivity index (χ4v) is 3.53. The van der Waals surface area contributed by atoms with Gasteiger partial charge in [0, 0.05) is 25.2 Å². The van der Waals surface area contributed by atoms with Gasteiger partial charge in [-0.1, -0.05) is 41.9 Å². The van der Waals surface area contributed by atoms with Crippen LogP contribution in [0.5, 0.6) is 0 Å². The van der Waals surface area contributed by atoms with Crippen LogP contribution < -0.4 is 0 Å². The van der Waals surface area contributed by atoms with E-state index >= 15 is 0 Å². The van der Waals surface area contributed by atoms with Crippen LogP contribution in [0.4, 0.5) is 0 Å². The first-order valence-electron chi connectivity index (χ1n) is 9.70. The molecule has 3 rings (SSSR count). The van der Waals surface area contributed by atoms with Gasteiger partial charge in [0.05, 0.1) is 25.3 Å². The average molecular weight is 390 g/mol. The van der Waals surface area contributed by atoms with Crippen LogP contribution in [0.15, 0.2) is 30.3 Å². The highest BCUT2D eigenvalue weighted by atomic mass is 35.5. The molecule has 0 amide bonds. The lowest BCUT2D eigenvalue weighted by Gasteiger charge is -2.22. The standard InChI is InChI=1S/C21H28ClN3O2/c1-3-27-20(26)11-12-24(13-18-9-10-18)15-19-16(2)23-25(21(19)22)14-17-7-5-4-6-8-17/h4-8,18H,3,9-15H2,1-2H3. The molecule has 1 aromatic carbocycles. The molecule has 27 heavy (non-hydrogen) atoms. The maximum atomic E-state index is 11.8. The van der Waals surface area contributed by atoms with E-state index in [1.807, 2.05) is 36.7 Å². The molecule has 0 atom stereocenters. The van der Waals surface area contributed by atoms with Crippen LogP contribution in [-0.2, 0) is 22.6 Å². The van der Waals surface area contributed by atoms with Crippen molar-refractivity contribution in [1.29, 1.82) is 0 Å². The van der Waals surface area contributed by atoms with Crippen LogP contribution in [-0.4, -0.2) is 40.3 Å². The number of carbonyl (C=O) groups is 1. The number of esters is 1. The molecule has 2 aromatic rings. The molecule has 0 aliphatic heterocycles. The molecule has 1 aliphatic rings. The molecule has 0 radical (unpaired) electrons. The van der Waals surface area contributed by atoms with Crippen molar-refractivity contribution < 1.29 is 9.53 Å². The summed E-state index contributed by atoms with van der Waals surface area (Å²) < 4.78 is 6.94. The molecule has 1 saturated carbocycles. The summed E-state index contributed by atoms with van der Waals surface area (Å²) in [6, 6.07) is 10.2. The van der Waals surface area contributed by atoms with Crippen molar-refractivity contribution in [2.45, 2.75) is 46.2 Å². The zero-order valence-electron chi connectivity index (χ0n) is 16.2. The first-order chi connectivity index (χ1) is 13.1. The highest BCUT2D eigenvalue weighted by Crippen LogP contribution is 2.31. The van der Waals surface area contributed by atoms with E-state index in [2.05, 4.69) is 22.1 Å². The Morgan fingerprint density at radius 1 is 1.33 bits per heavy atom. The SMILES string of the molecule is CCOC(=O)CCN(Cc1c(C)nn(Cc2ccccc2)c1Cl)CC1CC1. The number of carbonyl (C=O) groups excluding carboxylic acids is 1. The first kappa shape index (κ1) is 19.9.